The fraction of sp³-hybridized carbons (Fsp3) is 0.261. The molecule has 2 heterocycles. The average molecular weight is 423 g/mol. The summed E-state index contributed by atoms with van der Waals surface area (Å²) in [6, 6.07) is 18.9. The van der Waals surface area contributed by atoms with Crippen molar-refractivity contribution in [2.24, 2.45) is 0 Å². The van der Waals surface area contributed by atoms with Crippen LogP contribution < -0.4 is 9.64 Å². The Kier molecular flexibility index (Phi) is 6.14. The van der Waals surface area contributed by atoms with E-state index in [1.165, 1.54) is 0 Å². The van der Waals surface area contributed by atoms with Gasteiger partial charge in [-0.05, 0) is 55.5 Å². The highest BCUT2D eigenvalue weighted by atomic mass is 35.5. The van der Waals surface area contributed by atoms with Crippen molar-refractivity contribution in [1.82, 2.24) is 15.1 Å². The Bertz CT molecular complexity index is 1000. The maximum atomic E-state index is 12.7. The third-order valence-electron chi connectivity index (χ3n) is 5.11. The maximum Gasteiger partial charge on any atom is 0.255 e. The van der Waals surface area contributed by atoms with Crippen molar-refractivity contribution in [2.75, 3.05) is 37.7 Å². The molecule has 30 heavy (non-hydrogen) atoms. The van der Waals surface area contributed by atoms with Crippen molar-refractivity contribution in [3.63, 3.8) is 0 Å². The van der Waals surface area contributed by atoms with Gasteiger partial charge in [0, 0.05) is 31.7 Å². The molecule has 6 nitrogen and oxygen atoms in total. The van der Waals surface area contributed by atoms with E-state index in [-0.39, 0.29) is 5.91 Å². The number of piperazine rings is 1. The first kappa shape index (κ1) is 20.2. The number of amides is 1. The van der Waals surface area contributed by atoms with E-state index in [0.717, 1.165) is 22.8 Å². The van der Waals surface area contributed by atoms with Crippen molar-refractivity contribution in [3.05, 3.63) is 71.2 Å². The van der Waals surface area contributed by atoms with Crippen LogP contribution in [0.15, 0.2) is 60.7 Å². The summed E-state index contributed by atoms with van der Waals surface area (Å²) in [7, 11) is 0. The monoisotopic (exact) mass is 422 g/mol. The van der Waals surface area contributed by atoms with Crippen molar-refractivity contribution >= 4 is 23.3 Å². The number of halogens is 1. The zero-order valence-electron chi connectivity index (χ0n) is 16.8. The van der Waals surface area contributed by atoms with E-state index in [9.17, 15) is 4.79 Å². The molecule has 2 aromatic carbocycles. The van der Waals surface area contributed by atoms with E-state index in [0.29, 0.717) is 43.4 Å². The molecule has 1 aliphatic heterocycles. The number of hydrogen-bond acceptors (Lipinski definition) is 5. The minimum atomic E-state index is -0.0304. The first-order valence-corrected chi connectivity index (χ1v) is 10.4. The Labute approximate surface area is 181 Å². The minimum Gasteiger partial charge on any atom is -0.494 e. The second kappa shape index (κ2) is 9.13. The van der Waals surface area contributed by atoms with Crippen LogP contribution >= 0.6 is 11.6 Å². The number of rotatable bonds is 5. The predicted octanol–water partition coefficient (Wildman–Crippen LogP) is 4.16. The van der Waals surface area contributed by atoms with Crippen LogP contribution in [0.2, 0.25) is 5.02 Å². The molecule has 3 aromatic rings. The largest absolute Gasteiger partial charge is 0.494 e. The zero-order valence-corrected chi connectivity index (χ0v) is 17.5. The van der Waals surface area contributed by atoms with Gasteiger partial charge in [-0.1, -0.05) is 23.7 Å². The van der Waals surface area contributed by atoms with Crippen LogP contribution in [-0.2, 0) is 0 Å². The van der Waals surface area contributed by atoms with Crippen LogP contribution in [0, 0.1) is 0 Å². The van der Waals surface area contributed by atoms with Gasteiger partial charge in [-0.2, -0.15) is 0 Å². The number of carbonyl (C=O) groups is 1. The number of benzene rings is 2. The molecule has 0 spiro atoms. The van der Waals surface area contributed by atoms with Gasteiger partial charge in [-0.25, -0.2) is 0 Å². The Morgan fingerprint density at radius 3 is 2.33 bits per heavy atom. The van der Waals surface area contributed by atoms with Crippen LogP contribution in [0.25, 0.3) is 11.3 Å². The van der Waals surface area contributed by atoms with Gasteiger partial charge in [-0.15, -0.1) is 10.2 Å². The molecule has 154 valence electrons. The smallest absolute Gasteiger partial charge is 0.255 e. The topological polar surface area (TPSA) is 58.6 Å². The highest BCUT2D eigenvalue weighted by Gasteiger charge is 2.24. The molecule has 0 unspecified atom stereocenters. The molecule has 0 aliphatic carbocycles. The van der Waals surface area contributed by atoms with Crippen LogP contribution in [0.3, 0.4) is 0 Å². The van der Waals surface area contributed by atoms with Gasteiger partial charge in [0.05, 0.1) is 22.9 Å². The SMILES string of the molecule is CCOc1ccc(-c2ccc(N3CCN(C(=O)c4ccccc4Cl)CC3)nn2)cc1. The third-order valence-corrected chi connectivity index (χ3v) is 5.44. The molecular formula is C23H23ClN4O2. The van der Waals surface area contributed by atoms with Gasteiger partial charge < -0.3 is 14.5 Å². The van der Waals surface area contributed by atoms with E-state index in [4.69, 9.17) is 16.3 Å². The van der Waals surface area contributed by atoms with Gasteiger partial charge in [-0.3, -0.25) is 4.79 Å². The van der Waals surface area contributed by atoms with E-state index in [1.54, 1.807) is 12.1 Å². The molecule has 1 aromatic heterocycles. The van der Waals surface area contributed by atoms with Crippen molar-refractivity contribution in [3.8, 4) is 17.0 Å². The van der Waals surface area contributed by atoms with Crippen LogP contribution in [0.5, 0.6) is 5.75 Å². The van der Waals surface area contributed by atoms with E-state index in [2.05, 4.69) is 15.1 Å². The molecule has 0 atom stereocenters. The number of anilines is 1. The van der Waals surface area contributed by atoms with Crippen LogP contribution in [-0.4, -0.2) is 53.8 Å². The van der Waals surface area contributed by atoms with Crippen molar-refractivity contribution in [1.29, 1.82) is 0 Å². The lowest BCUT2D eigenvalue weighted by Crippen LogP contribution is -2.49. The first-order chi connectivity index (χ1) is 14.7. The highest BCUT2D eigenvalue weighted by Crippen LogP contribution is 2.23. The molecule has 7 heteroatoms. The zero-order chi connectivity index (χ0) is 20.9. The van der Waals surface area contributed by atoms with Crippen molar-refractivity contribution in [2.45, 2.75) is 6.92 Å². The molecule has 1 amide bonds. The van der Waals surface area contributed by atoms with E-state index >= 15 is 0 Å². The number of hydrogen-bond donors (Lipinski definition) is 0. The van der Waals surface area contributed by atoms with E-state index in [1.807, 2.05) is 60.4 Å². The molecule has 0 bridgehead atoms. The predicted molar refractivity (Wildman–Crippen MR) is 118 cm³/mol. The van der Waals surface area contributed by atoms with Crippen molar-refractivity contribution < 1.29 is 9.53 Å². The summed E-state index contributed by atoms with van der Waals surface area (Å²) in [6.07, 6.45) is 0. The summed E-state index contributed by atoms with van der Waals surface area (Å²) >= 11 is 6.17. The second-order valence-corrected chi connectivity index (χ2v) is 7.40. The molecule has 0 N–H and O–H groups in total. The fourth-order valence-electron chi connectivity index (χ4n) is 3.48. The average Bonchev–Trinajstić information content (AvgIpc) is 2.80. The van der Waals surface area contributed by atoms with Gasteiger partial charge in [0.15, 0.2) is 5.82 Å². The number of ether oxygens (including phenoxy) is 1. The fourth-order valence-corrected chi connectivity index (χ4v) is 3.70. The van der Waals surface area contributed by atoms with E-state index < -0.39 is 0 Å². The first-order valence-electron chi connectivity index (χ1n) is 10.0. The van der Waals surface area contributed by atoms with Crippen LogP contribution in [0.4, 0.5) is 5.82 Å². The summed E-state index contributed by atoms with van der Waals surface area (Å²) in [4.78, 5) is 16.7. The number of carbonyl (C=O) groups excluding carboxylic acids is 1. The Hall–Kier alpha value is -3.12. The van der Waals surface area contributed by atoms with Gasteiger partial charge >= 0.3 is 0 Å². The second-order valence-electron chi connectivity index (χ2n) is 6.99. The van der Waals surface area contributed by atoms with Crippen LogP contribution in [0.1, 0.15) is 17.3 Å². The number of aromatic nitrogens is 2. The summed E-state index contributed by atoms with van der Waals surface area (Å²) in [5, 5.41) is 9.27. The molecule has 0 radical (unpaired) electrons. The number of nitrogens with zero attached hydrogens (tertiary/aromatic N) is 4. The maximum absolute atomic E-state index is 12.7. The highest BCUT2D eigenvalue weighted by molar-refractivity contribution is 6.33. The lowest BCUT2D eigenvalue weighted by molar-refractivity contribution is 0.0746. The molecule has 1 fully saturated rings. The third kappa shape index (κ3) is 4.39. The summed E-state index contributed by atoms with van der Waals surface area (Å²) in [6.45, 7) is 5.25. The lowest BCUT2D eigenvalue weighted by Gasteiger charge is -2.35. The Morgan fingerprint density at radius 1 is 0.967 bits per heavy atom. The summed E-state index contributed by atoms with van der Waals surface area (Å²) in [5.74, 6) is 1.63. The lowest BCUT2D eigenvalue weighted by atomic mass is 10.1. The van der Waals surface area contributed by atoms with Gasteiger partial charge in [0.1, 0.15) is 5.75 Å². The van der Waals surface area contributed by atoms with Gasteiger partial charge in [0.25, 0.3) is 5.91 Å². The molecule has 4 rings (SSSR count). The Morgan fingerprint density at radius 2 is 1.70 bits per heavy atom. The normalized spacial score (nSPS) is 13.9. The molecule has 1 saturated heterocycles. The van der Waals surface area contributed by atoms with Gasteiger partial charge in [0.2, 0.25) is 0 Å². The summed E-state index contributed by atoms with van der Waals surface area (Å²) in [5.41, 5.74) is 2.36. The molecule has 0 saturated carbocycles. The standard InChI is InChI=1S/C23H23ClN4O2/c1-2-30-18-9-7-17(8-10-18)21-11-12-22(26-25-21)27-13-15-28(16-14-27)23(29)19-5-3-4-6-20(19)24/h3-12H,2,13-16H2,1H3. The quantitative estimate of drug-likeness (QED) is 0.618. The summed E-state index contributed by atoms with van der Waals surface area (Å²) < 4.78 is 5.48. The minimum absolute atomic E-state index is 0.0304. The molecule has 1 aliphatic rings. The molecular weight excluding hydrogens is 400 g/mol. The Balaban J connectivity index is 1.38.